The predicted molar refractivity (Wildman–Crippen MR) is 75.2 cm³/mol. The van der Waals surface area contributed by atoms with Gasteiger partial charge in [-0.2, -0.15) is 0 Å². The number of rotatable bonds is 5. The summed E-state index contributed by atoms with van der Waals surface area (Å²) in [7, 11) is 0. The summed E-state index contributed by atoms with van der Waals surface area (Å²) in [4.78, 5) is 13.2. The summed E-state index contributed by atoms with van der Waals surface area (Å²) in [5, 5.41) is 3.37. The Bertz CT molecular complexity index is 545. The van der Waals surface area contributed by atoms with Crippen molar-refractivity contribution in [2.45, 2.75) is 34.2 Å². The summed E-state index contributed by atoms with van der Waals surface area (Å²) in [6.07, 6.45) is 5.36. The molecule has 1 N–H and O–H groups in total. The zero-order chi connectivity index (χ0) is 13.8. The van der Waals surface area contributed by atoms with E-state index < -0.39 is 0 Å². The van der Waals surface area contributed by atoms with Crippen LogP contribution < -0.4 is 5.32 Å². The van der Waals surface area contributed by atoms with Crippen LogP contribution in [0.2, 0.25) is 0 Å². The maximum absolute atomic E-state index is 4.61. The molecule has 0 aliphatic heterocycles. The fraction of sp³-hybridized carbons (Fsp3) is 0.500. The van der Waals surface area contributed by atoms with Crippen LogP contribution in [-0.4, -0.2) is 26.1 Å². The van der Waals surface area contributed by atoms with Crippen molar-refractivity contribution in [3.8, 4) is 5.82 Å². The van der Waals surface area contributed by atoms with E-state index in [2.05, 4.69) is 34.1 Å². The second-order valence-corrected chi connectivity index (χ2v) is 5.18. The molecule has 0 unspecified atom stereocenters. The summed E-state index contributed by atoms with van der Waals surface area (Å²) in [5.41, 5.74) is 3.07. The van der Waals surface area contributed by atoms with Gasteiger partial charge in [0.15, 0.2) is 5.82 Å². The van der Waals surface area contributed by atoms with Crippen molar-refractivity contribution >= 4 is 0 Å². The molecule has 0 bridgehead atoms. The van der Waals surface area contributed by atoms with Gasteiger partial charge in [-0.25, -0.2) is 9.97 Å². The molecule has 19 heavy (non-hydrogen) atoms. The Hall–Kier alpha value is -1.75. The molecule has 5 nitrogen and oxygen atoms in total. The molecule has 0 saturated carbocycles. The first kappa shape index (κ1) is 13.7. The Labute approximate surface area is 114 Å². The van der Waals surface area contributed by atoms with Crippen LogP contribution in [0.3, 0.4) is 0 Å². The third-order valence-corrected chi connectivity index (χ3v) is 3.03. The monoisotopic (exact) mass is 259 g/mol. The van der Waals surface area contributed by atoms with Crippen molar-refractivity contribution in [2.75, 3.05) is 6.54 Å². The van der Waals surface area contributed by atoms with E-state index in [0.717, 1.165) is 36.0 Å². The van der Waals surface area contributed by atoms with Crippen LogP contribution in [0, 0.1) is 19.8 Å². The second-order valence-electron chi connectivity index (χ2n) is 5.18. The molecule has 0 aromatic carbocycles. The summed E-state index contributed by atoms with van der Waals surface area (Å²) in [6.45, 7) is 10.1. The first-order valence-corrected chi connectivity index (χ1v) is 6.60. The van der Waals surface area contributed by atoms with Crippen LogP contribution in [0.15, 0.2) is 18.7 Å². The van der Waals surface area contributed by atoms with Crippen molar-refractivity contribution < 1.29 is 0 Å². The molecule has 2 rings (SSSR count). The first-order chi connectivity index (χ1) is 9.08. The molecular formula is C14H21N5. The molecule has 0 aliphatic carbocycles. The molecule has 0 saturated heterocycles. The van der Waals surface area contributed by atoms with Crippen LogP contribution in [0.4, 0.5) is 0 Å². The number of hydrogen-bond acceptors (Lipinski definition) is 4. The molecule has 0 atom stereocenters. The number of aryl methyl sites for hydroxylation is 1. The van der Waals surface area contributed by atoms with Gasteiger partial charge in [-0.15, -0.1) is 0 Å². The molecule has 0 spiro atoms. The standard InChI is InChI=1S/C14H21N5/c1-10(2)5-15-6-13-7-16-8-14(18-13)19-9-17-11(3)12(19)4/h7-10,15H,5-6H2,1-4H3. The zero-order valence-corrected chi connectivity index (χ0v) is 12.0. The highest BCUT2D eigenvalue weighted by atomic mass is 15.1. The zero-order valence-electron chi connectivity index (χ0n) is 12.0. The third-order valence-electron chi connectivity index (χ3n) is 3.03. The minimum atomic E-state index is 0.634. The van der Waals surface area contributed by atoms with Crippen molar-refractivity contribution in [1.29, 1.82) is 0 Å². The van der Waals surface area contributed by atoms with Gasteiger partial charge in [0.2, 0.25) is 0 Å². The van der Waals surface area contributed by atoms with Crippen LogP contribution >= 0.6 is 0 Å². The number of hydrogen-bond donors (Lipinski definition) is 1. The second kappa shape index (κ2) is 5.93. The molecule has 0 aliphatic rings. The molecule has 102 valence electrons. The van der Waals surface area contributed by atoms with Gasteiger partial charge in [0.25, 0.3) is 0 Å². The fourth-order valence-corrected chi connectivity index (χ4v) is 1.81. The van der Waals surface area contributed by atoms with E-state index in [1.54, 1.807) is 18.7 Å². The SMILES string of the molecule is Cc1ncn(-c2cncc(CNCC(C)C)n2)c1C. The minimum absolute atomic E-state index is 0.634. The van der Waals surface area contributed by atoms with E-state index in [4.69, 9.17) is 0 Å². The Morgan fingerprint density at radius 3 is 2.68 bits per heavy atom. The van der Waals surface area contributed by atoms with E-state index in [-0.39, 0.29) is 0 Å². The molecule has 5 heteroatoms. The highest BCUT2D eigenvalue weighted by molar-refractivity contribution is 5.26. The molecule has 2 aromatic rings. The largest absolute Gasteiger partial charge is 0.311 e. The fourth-order valence-electron chi connectivity index (χ4n) is 1.81. The minimum Gasteiger partial charge on any atom is -0.311 e. The lowest BCUT2D eigenvalue weighted by atomic mass is 10.2. The molecule has 0 radical (unpaired) electrons. The Morgan fingerprint density at radius 1 is 1.26 bits per heavy atom. The lowest BCUT2D eigenvalue weighted by Crippen LogP contribution is -2.20. The van der Waals surface area contributed by atoms with Crippen LogP contribution in [0.5, 0.6) is 0 Å². The van der Waals surface area contributed by atoms with E-state index in [1.165, 1.54) is 0 Å². The van der Waals surface area contributed by atoms with Gasteiger partial charge in [0, 0.05) is 18.4 Å². The quantitative estimate of drug-likeness (QED) is 0.892. The van der Waals surface area contributed by atoms with E-state index >= 15 is 0 Å². The highest BCUT2D eigenvalue weighted by Crippen LogP contribution is 2.10. The molecule has 2 heterocycles. The van der Waals surface area contributed by atoms with Crippen LogP contribution in [0.25, 0.3) is 5.82 Å². The molecule has 0 fully saturated rings. The lowest BCUT2D eigenvalue weighted by Gasteiger charge is -2.09. The number of nitrogens with zero attached hydrogens (tertiary/aromatic N) is 4. The van der Waals surface area contributed by atoms with Crippen molar-refractivity contribution in [2.24, 2.45) is 5.92 Å². The first-order valence-electron chi connectivity index (χ1n) is 6.60. The average Bonchev–Trinajstić information content (AvgIpc) is 2.70. The van der Waals surface area contributed by atoms with Gasteiger partial charge >= 0.3 is 0 Å². The smallest absolute Gasteiger partial charge is 0.156 e. The van der Waals surface area contributed by atoms with Gasteiger partial charge in [-0.3, -0.25) is 9.55 Å². The molecule has 0 amide bonds. The van der Waals surface area contributed by atoms with Gasteiger partial charge in [0.1, 0.15) is 6.33 Å². The summed E-state index contributed by atoms with van der Waals surface area (Å²) in [6, 6.07) is 0. The van der Waals surface area contributed by atoms with Crippen molar-refractivity contribution in [1.82, 2.24) is 24.8 Å². The van der Waals surface area contributed by atoms with Gasteiger partial charge in [0.05, 0.1) is 17.6 Å². The summed E-state index contributed by atoms with van der Waals surface area (Å²) >= 11 is 0. The Kier molecular flexibility index (Phi) is 4.27. The lowest BCUT2D eigenvalue weighted by molar-refractivity contribution is 0.547. The molecular weight excluding hydrogens is 238 g/mol. The number of aromatic nitrogens is 4. The number of nitrogens with one attached hydrogen (secondary N) is 1. The predicted octanol–water partition coefficient (Wildman–Crippen LogP) is 2.02. The Morgan fingerprint density at radius 2 is 2.05 bits per heavy atom. The van der Waals surface area contributed by atoms with Crippen LogP contribution in [-0.2, 0) is 6.54 Å². The van der Waals surface area contributed by atoms with Crippen molar-refractivity contribution in [3.63, 3.8) is 0 Å². The maximum Gasteiger partial charge on any atom is 0.156 e. The van der Waals surface area contributed by atoms with E-state index in [1.807, 2.05) is 18.4 Å². The van der Waals surface area contributed by atoms with E-state index in [9.17, 15) is 0 Å². The Balaban J connectivity index is 2.13. The average molecular weight is 259 g/mol. The normalized spacial score (nSPS) is 11.2. The van der Waals surface area contributed by atoms with Gasteiger partial charge in [-0.05, 0) is 26.3 Å². The maximum atomic E-state index is 4.61. The van der Waals surface area contributed by atoms with E-state index in [0.29, 0.717) is 5.92 Å². The highest BCUT2D eigenvalue weighted by Gasteiger charge is 2.06. The topological polar surface area (TPSA) is 55.6 Å². The third kappa shape index (κ3) is 3.38. The van der Waals surface area contributed by atoms with Gasteiger partial charge in [-0.1, -0.05) is 13.8 Å². The van der Waals surface area contributed by atoms with Gasteiger partial charge < -0.3 is 5.32 Å². The summed E-state index contributed by atoms with van der Waals surface area (Å²) < 4.78 is 1.97. The van der Waals surface area contributed by atoms with Crippen LogP contribution in [0.1, 0.15) is 30.9 Å². The number of imidazole rings is 1. The van der Waals surface area contributed by atoms with Crippen molar-refractivity contribution in [3.05, 3.63) is 35.8 Å². The molecule has 2 aromatic heterocycles. The summed E-state index contributed by atoms with van der Waals surface area (Å²) in [5.74, 6) is 1.46.